The lowest BCUT2D eigenvalue weighted by Gasteiger charge is -2.36. The monoisotopic (exact) mass is 366 g/mol. The third kappa shape index (κ3) is 4.08. The Labute approximate surface area is 160 Å². The van der Waals surface area contributed by atoms with Gasteiger partial charge in [0.05, 0.1) is 0 Å². The minimum atomic E-state index is -0.290. The molecular weight excluding hydrogens is 340 g/mol. The maximum atomic E-state index is 13.3. The quantitative estimate of drug-likeness (QED) is 0.892. The SMILES string of the molecule is C[C@@H]1CCCN([C@H](C(=O)Nc2ccc3c(c2)OCCO3)c2ccccc2)C1. The highest BCUT2D eigenvalue weighted by Gasteiger charge is 2.30. The zero-order valence-corrected chi connectivity index (χ0v) is 15.7. The first-order valence-electron chi connectivity index (χ1n) is 9.70. The summed E-state index contributed by atoms with van der Waals surface area (Å²) in [7, 11) is 0. The van der Waals surface area contributed by atoms with Crippen LogP contribution in [0.2, 0.25) is 0 Å². The van der Waals surface area contributed by atoms with Crippen LogP contribution in [-0.4, -0.2) is 37.1 Å². The number of amides is 1. The largest absolute Gasteiger partial charge is 0.486 e. The Morgan fingerprint density at radius 3 is 2.67 bits per heavy atom. The van der Waals surface area contributed by atoms with Gasteiger partial charge in [-0.3, -0.25) is 9.69 Å². The molecule has 1 amide bonds. The summed E-state index contributed by atoms with van der Waals surface area (Å²) in [5, 5.41) is 3.09. The van der Waals surface area contributed by atoms with E-state index in [1.165, 1.54) is 6.42 Å². The number of rotatable bonds is 4. The van der Waals surface area contributed by atoms with E-state index in [-0.39, 0.29) is 11.9 Å². The van der Waals surface area contributed by atoms with Gasteiger partial charge >= 0.3 is 0 Å². The van der Waals surface area contributed by atoms with Gasteiger partial charge in [-0.15, -0.1) is 0 Å². The van der Waals surface area contributed by atoms with Crippen LogP contribution in [-0.2, 0) is 4.79 Å². The van der Waals surface area contributed by atoms with Crippen molar-refractivity contribution in [3.8, 4) is 11.5 Å². The molecule has 0 aliphatic carbocycles. The summed E-state index contributed by atoms with van der Waals surface area (Å²) in [6.45, 7) is 5.23. The molecule has 2 aliphatic rings. The molecule has 2 aromatic carbocycles. The molecule has 4 rings (SSSR count). The van der Waals surface area contributed by atoms with Crippen molar-refractivity contribution in [2.24, 2.45) is 5.92 Å². The number of hydrogen-bond acceptors (Lipinski definition) is 4. The van der Waals surface area contributed by atoms with Crippen molar-refractivity contribution >= 4 is 11.6 Å². The lowest BCUT2D eigenvalue weighted by Crippen LogP contribution is -2.42. The maximum Gasteiger partial charge on any atom is 0.246 e. The van der Waals surface area contributed by atoms with Crippen molar-refractivity contribution in [3.05, 3.63) is 54.1 Å². The van der Waals surface area contributed by atoms with Gasteiger partial charge in [-0.2, -0.15) is 0 Å². The van der Waals surface area contributed by atoms with Crippen molar-refractivity contribution in [1.82, 2.24) is 4.90 Å². The number of piperidine rings is 1. The van der Waals surface area contributed by atoms with Crippen molar-refractivity contribution in [1.29, 1.82) is 0 Å². The number of carbonyl (C=O) groups excluding carboxylic acids is 1. The topological polar surface area (TPSA) is 50.8 Å². The number of nitrogens with one attached hydrogen (secondary N) is 1. The Kier molecular flexibility index (Phi) is 5.30. The fraction of sp³-hybridized carbons (Fsp3) is 0.409. The summed E-state index contributed by atoms with van der Waals surface area (Å²) in [6.07, 6.45) is 2.35. The highest BCUT2D eigenvalue weighted by atomic mass is 16.6. The minimum absolute atomic E-state index is 0.00743. The molecule has 142 valence electrons. The first-order chi connectivity index (χ1) is 13.2. The van der Waals surface area contributed by atoms with E-state index in [9.17, 15) is 4.79 Å². The highest BCUT2D eigenvalue weighted by molar-refractivity contribution is 5.95. The van der Waals surface area contributed by atoms with E-state index >= 15 is 0 Å². The van der Waals surface area contributed by atoms with Gasteiger partial charge in [-0.05, 0) is 43.0 Å². The Hall–Kier alpha value is -2.53. The van der Waals surface area contributed by atoms with Crippen LogP contribution >= 0.6 is 0 Å². The van der Waals surface area contributed by atoms with Crippen LogP contribution in [0.5, 0.6) is 11.5 Å². The Balaban J connectivity index is 1.57. The Morgan fingerprint density at radius 1 is 1.11 bits per heavy atom. The van der Waals surface area contributed by atoms with Gasteiger partial charge in [0, 0.05) is 18.3 Å². The molecule has 1 saturated heterocycles. The van der Waals surface area contributed by atoms with Crippen LogP contribution in [0.4, 0.5) is 5.69 Å². The van der Waals surface area contributed by atoms with Gasteiger partial charge in [-0.1, -0.05) is 37.3 Å². The third-order valence-electron chi connectivity index (χ3n) is 5.23. The Bertz CT molecular complexity index is 793. The molecule has 2 aliphatic heterocycles. The van der Waals surface area contributed by atoms with Gasteiger partial charge in [0.15, 0.2) is 11.5 Å². The molecular formula is C22H26N2O3. The average molecular weight is 366 g/mol. The predicted octanol–water partition coefficient (Wildman–Crippen LogP) is 3.87. The van der Waals surface area contributed by atoms with Crippen LogP contribution in [0.25, 0.3) is 0 Å². The zero-order chi connectivity index (χ0) is 18.6. The van der Waals surface area contributed by atoms with Gasteiger partial charge in [0.1, 0.15) is 19.3 Å². The summed E-state index contributed by atoms with van der Waals surface area (Å²) in [4.78, 5) is 15.6. The minimum Gasteiger partial charge on any atom is -0.486 e. The molecule has 5 heteroatoms. The number of nitrogens with zero attached hydrogens (tertiary/aromatic N) is 1. The molecule has 2 heterocycles. The summed E-state index contributed by atoms with van der Waals surface area (Å²) < 4.78 is 11.2. The molecule has 0 bridgehead atoms. The normalized spacial score (nSPS) is 20.7. The molecule has 0 spiro atoms. The lowest BCUT2D eigenvalue weighted by molar-refractivity contribution is -0.122. The predicted molar refractivity (Wildman–Crippen MR) is 105 cm³/mol. The second-order valence-electron chi connectivity index (χ2n) is 7.40. The van der Waals surface area contributed by atoms with Crippen LogP contribution in [0.3, 0.4) is 0 Å². The third-order valence-corrected chi connectivity index (χ3v) is 5.23. The van der Waals surface area contributed by atoms with Gasteiger partial charge in [-0.25, -0.2) is 0 Å². The number of hydrogen-bond donors (Lipinski definition) is 1. The lowest BCUT2D eigenvalue weighted by atomic mass is 9.95. The standard InChI is InChI=1S/C22H26N2O3/c1-16-6-5-11-24(15-16)21(17-7-3-2-4-8-17)22(25)23-18-9-10-19-20(14-18)27-13-12-26-19/h2-4,7-10,14,16,21H,5-6,11-13,15H2,1H3,(H,23,25)/t16-,21+/m1/s1. The van der Waals surface area contributed by atoms with Crippen LogP contribution in [0, 0.1) is 5.92 Å². The number of anilines is 1. The summed E-state index contributed by atoms with van der Waals surface area (Å²) in [5.41, 5.74) is 1.76. The number of likely N-dealkylation sites (tertiary alicyclic amines) is 1. The van der Waals surface area contributed by atoms with Crippen molar-refractivity contribution < 1.29 is 14.3 Å². The van der Waals surface area contributed by atoms with E-state index in [1.807, 2.05) is 48.5 Å². The molecule has 5 nitrogen and oxygen atoms in total. The summed E-state index contributed by atoms with van der Waals surface area (Å²) in [5.74, 6) is 2.00. The highest BCUT2D eigenvalue weighted by Crippen LogP contribution is 2.34. The first-order valence-corrected chi connectivity index (χ1v) is 9.70. The second-order valence-corrected chi connectivity index (χ2v) is 7.40. The van der Waals surface area contributed by atoms with Gasteiger partial charge < -0.3 is 14.8 Å². The van der Waals surface area contributed by atoms with Gasteiger partial charge in [0.2, 0.25) is 5.91 Å². The molecule has 27 heavy (non-hydrogen) atoms. The molecule has 1 fully saturated rings. The average Bonchev–Trinajstić information content (AvgIpc) is 2.69. The van der Waals surface area contributed by atoms with Crippen molar-refractivity contribution in [2.45, 2.75) is 25.8 Å². The van der Waals surface area contributed by atoms with E-state index in [4.69, 9.17) is 9.47 Å². The van der Waals surface area contributed by atoms with E-state index in [0.29, 0.717) is 24.9 Å². The van der Waals surface area contributed by atoms with E-state index in [0.717, 1.165) is 36.5 Å². The summed E-state index contributed by atoms with van der Waals surface area (Å²) in [6, 6.07) is 15.3. The molecule has 2 atom stereocenters. The molecule has 0 unspecified atom stereocenters. The number of ether oxygens (including phenoxy) is 2. The molecule has 0 aromatic heterocycles. The molecule has 0 radical (unpaired) electrons. The number of benzene rings is 2. The fourth-order valence-electron chi connectivity index (χ4n) is 3.96. The van der Waals surface area contributed by atoms with E-state index in [2.05, 4.69) is 17.1 Å². The molecule has 0 saturated carbocycles. The van der Waals surface area contributed by atoms with Crippen molar-refractivity contribution in [2.75, 3.05) is 31.6 Å². The van der Waals surface area contributed by atoms with Gasteiger partial charge in [0.25, 0.3) is 0 Å². The first kappa shape index (κ1) is 17.9. The van der Waals surface area contributed by atoms with Crippen LogP contribution < -0.4 is 14.8 Å². The van der Waals surface area contributed by atoms with E-state index in [1.54, 1.807) is 0 Å². The molecule has 2 aromatic rings. The van der Waals surface area contributed by atoms with E-state index < -0.39 is 0 Å². The number of carbonyl (C=O) groups is 1. The smallest absolute Gasteiger partial charge is 0.246 e. The summed E-state index contributed by atoms with van der Waals surface area (Å²) >= 11 is 0. The second kappa shape index (κ2) is 8.01. The Morgan fingerprint density at radius 2 is 1.89 bits per heavy atom. The molecule has 1 N–H and O–H groups in total. The van der Waals surface area contributed by atoms with Crippen molar-refractivity contribution in [3.63, 3.8) is 0 Å². The van der Waals surface area contributed by atoms with Crippen LogP contribution in [0.15, 0.2) is 48.5 Å². The fourth-order valence-corrected chi connectivity index (χ4v) is 3.96. The zero-order valence-electron chi connectivity index (χ0n) is 15.7. The van der Waals surface area contributed by atoms with Crippen LogP contribution in [0.1, 0.15) is 31.4 Å². The number of fused-ring (bicyclic) bond motifs is 1. The maximum absolute atomic E-state index is 13.3.